The first-order valence-electron chi connectivity index (χ1n) is 11.5. The highest BCUT2D eigenvalue weighted by Crippen LogP contribution is 2.30. The molecule has 1 saturated carbocycles. The molecule has 2 amide bonds. The number of carbonyl (C=O) groups excluding carboxylic acids is 2. The van der Waals surface area contributed by atoms with Crippen molar-refractivity contribution in [1.29, 1.82) is 0 Å². The molecule has 1 fully saturated rings. The van der Waals surface area contributed by atoms with Crippen LogP contribution in [0.4, 0.5) is 13.2 Å². The fraction of sp³-hybridized carbons (Fsp3) is 0.500. The molecule has 2 aliphatic rings. The number of amides is 2. The first kappa shape index (κ1) is 26.2. The van der Waals surface area contributed by atoms with E-state index in [-0.39, 0.29) is 24.8 Å². The third kappa shape index (κ3) is 7.30. The van der Waals surface area contributed by atoms with Gasteiger partial charge in [0.2, 0.25) is 11.8 Å². The van der Waals surface area contributed by atoms with Gasteiger partial charge in [-0.15, -0.1) is 0 Å². The van der Waals surface area contributed by atoms with Gasteiger partial charge in [-0.1, -0.05) is 19.6 Å². The van der Waals surface area contributed by atoms with Gasteiger partial charge in [0.25, 0.3) is 0 Å². The molecule has 1 aliphatic heterocycles. The van der Waals surface area contributed by atoms with Gasteiger partial charge in [-0.25, -0.2) is 4.99 Å². The largest absolute Gasteiger partial charge is 0.419 e. The zero-order chi connectivity index (χ0) is 25.8. The summed E-state index contributed by atoms with van der Waals surface area (Å²) in [5, 5.41) is 9.49. The highest BCUT2D eigenvalue weighted by atomic mass is 19.4. The fourth-order valence-corrected chi connectivity index (χ4v) is 3.69. The van der Waals surface area contributed by atoms with Gasteiger partial charge in [-0.3, -0.25) is 14.3 Å². The van der Waals surface area contributed by atoms with Crippen LogP contribution in [0.2, 0.25) is 0 Å². The van der Waals surface area contributed by atoms with E-state index in [4.69, 9.17) is 0 Å². The van der Waals surface area contributed by atoms with Crippen molar-refractivity contribution < 1.29 is 22.8 Å². The Morgan fingerprint density at radius 2 is 2.03 bits per heavy atom. The standard InChI is InChI=1S/C24H31F3N6O2/c1-5-7-19(33-11-6-10-28-16(33)2)12-20(30-21(34)17-8-9-17)22(35)31-23(3,4)15-32-14-18(13-29-32)24(25,26)27/h6-7,10-11,13-14,17,20H,2,5,8-9,12,15H2,1,3-4H3,(H,30,34)(H,31,35)/b19-7-. The first-order chi connectivity index (χ1) is 16.4. The normalized spacial score (nSPS) is 17.5. The minimum Gasteiger partial charge on any atom is -0.348 e. The quantitative estimate of drug-likeness (QED) is 0.521. The van der Waals surface area contributed by atoms with Crippen LogP contribution in [0, 0.1) is 5.92 Å². The Balaban J connectivity index is 1.75. The molecule has 0 bridgehead atoms. The van der Waals surface area contributed by atoms with Gasteiger partial charge in [0, 0.05) is 36.6 Å². The SMILES string of the molecule is C=C1N=CC=CN1/C(=C\CC)CC(NC(=O)C1CC1)C(=O)NC(C)(C)Cn1cc(C(F)(F)F)cn1. The van der Waals surface area contributed by atoms with Crippen LogP contribution < -0.4 is 10.6 Å². The second kappa shape index (κ2) is 10.5. The maximum absolute atomic E-state index is 13.3. The highest BCUT2D eigenvalue weighted by Gasteiger charge is 2.36. The van der Waals surface area contributed by atoms with Crippen LogP contribution in [-0.2, 0) is 22.3 Å². The van der Waals surface area contributed by atoms with E-state index in [0.29, 0.717) is 12.2 Å². The van der Waals surface area contributed by atoms with Gasteiger partial charge in [0.1, 0.15) is 11.9 Å². The maximum Gasteiger partial charge on any atom is 0.419 e. The summed E-state index contributed by atoms with van der Waals surface area (Å²) in [6, 6.07) is -0.893. The number of alkyl halides is 3. The van der Waals surface area contributed by atoms with Crippen LogP contribution in [-0.4, -0.2) is 44.3 Å². The average Bonchev–Trinajstić information content (AvgIpc) is 3.51. The molecule has 0 spiro atoms. The molecule has 3 rings (SSSR count). The van der Waals surface area contributed by atoms with Crippen LogP contribution in [0.1, 0.15) is 52.0 Å². The third-order valence-electron chi connectivity index (χ3n) is 5.55. The molecule has 190 valence electrons. The van der Waals surface area contributed by atoms with Gasteiger partial charge in [0.15, 0.2) is 0 Å². The average molecular weight is 493 g/mol. The van der Waals surface area contributed by atoms with E-state index in [1.165, 1.54) is 0 Å². The smallest absolute Gasteiger partial charge is 0.348 e. The summed E-state index contributed by atoms with van der Waals surface area (Å²) >= 11 is 0. The predicted molar refractivity (Wildman–Crippen MR) is 126 cm³/mol. The van der Waals surface area contributed by atoms with E-state index in [1.807, 2.05) is 13.0 Å². The van der Waals surface area contributed by atoms with Crippen molar-refractivity contribution >= 4 is 18.0 Å². The van der Waals surface area contributed by atoms with E-state index >= 15 is 0 Å². The zero-order valence-corrected chi connectivity index (χ0v) is 20.1. The van der Waals surface area contributed by atoms with Crippen molar-refractivity contribution in [3.63, 3.8) is 0 Å². The number of hydrogen-bond donors (Lipinski definition) is 2. The Kier molecular flexibility index (Phi) is 7.86. The molecule has 1 atom stereocenters. The predicted octanol–water partition coefficient (Wildman–Crippen LogP) is 3.75. The van der Waals surface area contributed by atoms with Crippen molar-refractivity contribution in [3.8, 4) is 0 Å². The van der Waals surface area contributed by atoms with Crippen LogP contribution in [0.5, 0.6) is 0 Å². The van der Waals surface area contributed by atoms with Crippen molar-refractivity contribution in [1.82, 2.24) is 25.3 Å². The van der Waals surface area contributed by atoms with Crippen LogP contribution in [0.15, 0.2) is 53.8 Å². The number of nitrogens with zero attached hydrogens (tertiary/aromatic N) is 4. The van der Waals surface area contributed by atoms with Gasteiger partial charge in [-0.2, -0.15) is 18.3 Å². The number of aliphatic imine (C=N–C) groups is 1. The Morgan fingerprint density at radius 1 is 1.31 bits per heavy atom. The van der Waals surface area contributed by atoms with Crippen molar-refractivity contribution in [2.45, 2.75) is 70.8 Å². The highest BCUT2D eigenvalue weighted by molar-refractivity contribution is 5.90. The summed E-state index contributed by atoms with van der Waals surface area (Å²) in [7, 11) is 0. The minimum absolute atomic E-state index is 0.0101. The molecular formula is C24H31F3N6O2. The lowest BCUT2D eigenvalue weighted by Crippen LogP contribution is -2.55. The molecule has 1 aromatic heterocycles. The lowest BCUT2D eigenvalue weighted by molar-refractivity contribution is -0.137. The molecule has 11 heteroatoms. The molecule has 0 radical (unpaired) electrons. The van der Waals surface area contributed by atoms with Gasteiger partial charge < -0.3 is 15.5 Å². The number of nitrogens with one attached hydrogen (secondary N) is 2. The van der Waals surface area contributed by atoms with Gasteiger partial charge >= 0.3 is 6.18 Å². The summed E-state index contributed by atoms with van der Waals surface area (Å²) in [5.41, 5.74) is -1.05. The number of halogens is 3. The minimum atomic E-state index is -4.50. The molecule has 2 heterocycles. The molecule has 35 heavy (non-hydrogen) atoms. The second-order valence-electron chi connectivity index (χ2n) is 9.35. The second-order valence-corrected chi connectivity index (χ2v) is 9.35. The lowest BCUT2D eigenvalue weighted by atomic mass is 10.0. The Morgan fingerprint density at radius 3 is 2.60 bits per heavy atom. The summed E-state index contributed by atoms with van der Waals surface area (Å²) < 4.78 is 39.9. The van der Waals surface area contributed by atoms with Crippen LogP contribution in [0.25, 0.3) is 0 Å². The molecular weight excluding hydrogens is 461 g/mol. The first-order valence-corrected chi connectivity index (χ1v) is 11.5. The summed E-state index contributed by atoms with van der Waals surface area (Å²) in [4.78, 5) is 31.9. The van der Waals surface area contributed by atoms with E-state index in [9.17, 15) is 22.8 Å². The van der Waals surface area contributed by atoms with Crippen LogP contribution >= 0.6 is 0 Å². The van der Waals surface area contributed by atoms with E-state index in [0.717, 1.165) is 35.6 Å². The van der Waals surface area contributed by atoms with Crippen LogP contribution in [0.3, 0.4) is 0 Å². The summed E-state index contributed by atoms with van der Waals surface area (Å²) in [5.74, 6) is -0.244. The Labute approximate surface area is 202 Å². The number of hydrogen-bond acceptors (Lipinski definition) is 5. The monoisotopic (exact) mass is 492 g/mol. The van der Waals surface area contributed by atoms with E-state index in [2.05, 4.69) is 27.3 Å². The molecule has 1 aliphatic carbocycles. The fourth-order valence-electron chi connectivity index (χ4n) is 3.69. The maximum atomic E-state index is 13.3. The number of aromatic nitrogens is 2. The molecule has 1 unspecified atom stereocenters. The van der Waals surface area contributed by atoms with E-state index in [1.54, 1.807) is 37.2 Å². The molecule has 8 nitrogen and oxygen atoms in total. The topological polar surface area (TPSA) is 91.6 Å². The van der Waals surface area contributed by atoms with Gasteiger partial charge in [-0.05, 0) is 39.2 Å². The Hall–Kier alpha value is -3.37. The molecule has 0 aromatic carbocycles. The number of allylic oxidation sites excluding steroid dienone is 2. The number of carbonyl (C=O) groups is 2. The van der Waals surface area contributed by atoms with Crippen molar-refractivity contribution in [3.05, 3.63) is 54.4 Å². The summed E-state index contributed by atoms with van der Waals surface area (Å²) in [6.45, 7) is 9.28. The Bertz CT molecular complexity index is 1050. The number of rotatable bonds is 10. The molecule has 0 saturated heterocycles. The van der Waals surface area contributed by atoms with Crippen molar-refractivity contribution in [2.24, 2.45) is 10.9 Å². The molecule has 2 N–H and O–H groups in total. The summed E-state index contributed by atoms with van der Waals surface area (Å²) in [6.07, 6.45) is 6.68. The van der Waals surface area contributed by atoms with Crippen molar-refractivity contribution in [2.75, 3.05) is 0 Å². The van der Waals surface area contributed by atoms with E-state index < -0.39 is 29.2 Å². The van der Waals surface area contributed by atoms with Gasteiger partial charge in [0.05, 0.1) is 23.8 Å². The zero-order valence-electron chi connectivity index (χ0n) is 20.1. The lowest BCUT2D eigenvalue weighted by Gasteiger charge is -2.31. The molecule has 1 aromatic rings. The third-order valence-corrected chi connectivity index (χ3v) is 5.55.